The lowest BCUT2D eigenvalue weighted by molar-refractivity contribution is 0.142. The standard InChI is InChI=1S/C11H25N/c1-5-10(6-2)11(7-3,8-4)9-12/h10H,5-9,12H2,1-4H3. The van der Waals surface area contributed by atoms with E-state index in [2.05, 4.69) is 27.7 Å². The second kappa shape index (κ2) is 5.58. The summed E-state index contributed by atoms with van der Waals surface area (Å²) in [6.45, 7) is 9.96. The Morgan fingerprint density at radius 1 is 1.00 bits per heavy atom. The van der Waals surface area contributed by atoms with E-state index in [0.29, 0.717) is 5.41 Å². The van der Waals surface area contributed by atoms with E-state index in [-0.39, 0.29) is 0 Å². The SMILES string of the molecule is CCC(CC)C(CC)(CC)CN. The highest BCUT2D eigenvalue weighted by atomic mass is 14.6. The number of nitrogens with two attached hydrogens (primary N) is 1. The van der Waals surface area contributed by atoms with Gasteiger partial charge in [0.1, 0.15) is 0 Å². The van der Waals surface area contributed by atoms with Gasteiger partial charge in [0.2, 0.25) is 0 Å². The molecule has 74 valence electrons. The lowest BCUT2D eigenvalue weighted by Crippen LogP contribution is -2.36. The molecule has 2 N–H and O–H groups in total. The molecule has 1 nitrogen and oxygen atoms in total. The van der Waals surface area contributed by atoms with Gasteiger partial charge >= 0.3 is 0 Å². The molecule has 0 amide bonds. The Balaban J connectivity index is 4.42. The minimum atomic E-state index is 0.420. The van der Waals surface area contributed by atoms with Gasteiger partial charge < -0.3 is 5.73 Å². The Morgan fingerprint density at radius 3 is 1.50 bits per heavy atom. The topological polar surface area (TPSA) is 26.0 Å². The van der Waals surface area contributed by atoms with Crippen LogP contribution in [0.2, 0.25) is 0 Å². The first-order valence-corrected chi connectivity index (χ1v) is 5.40. The zero-order valence-corrected chi connectivity index (χ0v) is 9.19. The van der Waals surface area contributed by atoms with Gasteiger partial charge in [-0.15, -0.1) is 0 Å². The van der Waals surface area contributed by atoms with Gasteiger partial charge in [-0.3, -0.25) is 0 Å². The average molecular weight is 171 g/mol. The van der Waals surface area contributed by atoms with Crippen LogP contribution in [0.3, 0.4) is 0 Å². The quantitative estimate of drug-likeness (QED) is 0.652. The Bertz CT molecular complexity index is 93.3. The predicted molar refractivity (Wildman–Crippen MR) is 56.1 cm³/mol. The van der Waals surface area contributed by atoms with Crippen LogP contribution >= 0.6 is 0 Å². The predicted octanol–water partition coefficient (Wildman–Crippen LogP) is 3.19. The van der Waals surface area contributed by atoms with Gasteiger partial charge in [0.15, 0.2) is 0 Å². The minimum absolute atomic E-state index is 0.420. The highest BCUT2D eigenvalue weighted by Crippen LogP contribution is 2.38. The van der Waals surface area contributed by atoms with Crippen molar-refractivity contribution in [3.63, 3.8) is 0 Å². The third-order valence-electron chi connectivity index (χ3n) is 3.67. The lowest BCUT2D eigenvalue weighted by atomic mass is 9.69. The van der Waals surface area contributed by atoms with Crippen LogP contribution in [0.4, 0.5) is 0 Å². The summed E-state index contributed by atoms with van der Waals surface area (Å²) in [6.07, 6.45) is 5.00. The van der Waals surface area contributed by atoms with Crippen LogP contribution in [0.25, 0.3) is 0 Å². The van der Waals surface area contributed by atoms with Crippen LogP contribution < -0.4 is 5.73 Å². The third kappa shape index (κ3) is 2.22. The third-order valence-corrected chi connectivity index (χ3v) is 3.67. The molecule has 0 saturated heterocycles. The van der Waals surface area contributed by atoms with E-state index in [1.165, 1.54) is 25.7 Å². The monoisotopic (exact) mass is 171 g/mol. The Hall–Kier alpha value is -0.0400. The highest BCUT2D eigenvalue weighted by Gasteiger charge is 2.31. The fourth-order valence-corrected chi connectivity index (χ4v) is 2.44. The molecule has 0 aliphatic heterocycles. The molecule has 0 aliphatic carbocycles. The summed E-state index contributed by atoms with van der Waals surface area (Å²) in [5.74, 6) is 0.817. The summed E-state index contributed by atoms with van der Waals surface area (Å²) in [5, 5.41) is 0. The van der Waals surface area contributed by atoms with E-state index in [0.717, 1.165) is 12.5 Å². The normalized spacial score (nSPS) is 12.5. The molecule has 0 radical (unpaired) electrons. The van der Waals surface area contributed by atoms with Crippen molar-refractivity contribution in [1.82, 2.24) is 0 Å². The van der Waals surface area contributed by atoms with E-state index in [9.17, 15) is 0 Å². The van der Waals surface area contributed by atoms with Crippen LogP contribution in [-0.4, -0.2) is 6.54 Å². The zero-order chi connectivity index (χ0) is 9.61. The maximum Gasteiger partial charge on any atom is -0.00181 e. The van der Waals surface area contributed by atoms with Gasteiger partial charge in [0.25, 0.3) is 0 Å². The zero-order valence-electron chi connectivity index (χ0n) is 9.19. The van der Waals surface area contributed by atoms with E-state index < -0.39 is 0 Å². The summed E-state index contributed by atoms with van der Waals surface area (Å²) in [7, 11) is 0. The van der Waals surface area contributed by atoms with Crippen LogP contribution in [0.1, 0.15) is 53.4 Å². The van der Waals surface area contributed by atoms with Gasteiger partial charge in [-0.2, -0.15) is 0 Å². The van der Waals surface area contributed by atoms with Crippen molar-refractivity contribution >= 4 is 0 Å². The molecule has 0 bridgehead atoms. The molecular formula is C11H25N. The molecule has 0 unspecified atom stereocenters. The van der Waals surface area contributed by atoms with Crippen molar-refractivity contribution in [3.8, 4) is 0 Å². The Morgan fingerprint density at radius 2 is 1.42 bits per heavy atom. The second-order valence-corrected chi connectivity index (χ2v) is 3.79. The molecule has 0 heterocycles. The van der Waals surface area contributed by atoms with Crippen molar-refractivity contribution in [2.75, 3.05) is 6.54 Å². The van der Waals surface area contributed by atoms with Crippen molar-refractivity contribution in [2.45, 2.75) is 53.4 Å². The first kappa shape index (κ1) is 12.0. The minimum Gasteiger partial charge on any atom is -0.330 e. The molecule has 0 atom stereocenters. The molecule has 0 aliphatic rings. The molecule has 0 saturated carbocycles. The smallest absolute Gasteiger partial charge is 0.00181 e. The van der Waals surface area contributed by atoms with Crippen molar-refractivity contribution < 1.29 is 0 Å². The van der Waals surface area contributed by atoms with Gasteiger partial charge in [0, 0.05) is 0 Å². The molecule has 0 aromatic carbocycles. The first-order chi connectivity index (χ1) is 5.70. The molecule has 0 aromatic heterocycles. The molecule has 0 spiro atoms. The fraction of sp³-hybridized carbons (Fsp3) is 1.00. The average Bonchev–Trinajstić information content (AvgIpc) is 2.14. The maximum absolute atomic E-state index is 5.88. The first-order valence-electron chi connectivity index (χ1n) is 5.40. The molecule has 0 fully saturated rings. The van der Waals surface area contributed by atoms with Crippen LogP contribution in [0.5, 0.6) is 0 Å². The molecule has 0 rings (SSSR count). The van der Waals surface area contributed by atoms with Gasteiger partial charge in [-0.1, -0.05) is 40.5 Å². The van der Waals surface area contributed by atoms with E-state index in [1.807, 2.05) is 0 Å². The number of hydrogen-bond donors (Lipinski definition) is 1. The van der Waals surface area contributed by atoms with Crippen LogP contribution in [0.15, 0.2) is 0 Å². The van der Waals surface area contributed by atoms with E-state index in [1.54, 1.807) is 0 Å². The maximum atomic E-state index is 5.88. The highest BCUT2D eigenvalue weighted by molar-refractivity contribution is 4.83. The van der Waals surface area contributed by atoms with Crippen LogP contribution in [-0.2, 0) is 0 Å². The van der Waals surface area contributed by atoms with Crippen molar-refractivity contribution in [3.05, 3.63) is 0 Å². The Kier molecular flexibility index (Phi) is 5.56. The summed E-state index contributed by atoms with van der Waals surface area (Å²) in [5.41, 5.74) is 6.30. The van der Waals surface area contributed by atoms with Gasteiger partial charge in [0.05, 0.1) is 0 Å². The number of rotatable bonds is 6. The van der Waals surface area contributed by atoms with E-state index >= 15 is 0 Å². The summed E-state index contributed by atoms with van der Waals surface area (Å²) in [4.78, 5) is 0. The lowest BCUT2D eigenvalue weighted by Gasteiger charge is -2.38. The fourth-order valence-electron chi connectivity index (χ4n) is 2.44. The summed E-state index contributed by atoms with van der Waals surface area (Å²) in [6, 6.07) is 0. The Labute approximate surface area is 77.7 Å². The number of hydrogen-bond acceptors (Lipinski definition) is 1. The summed E-state index contributed by atoms with van der Waals surface area (Å²) < 4.78 is 0. The van der Waals surface area contributed by atoms with Gasteiger partial charge in [-0.25, -0.2) is 0 Å². The summed E-state index contributed by atoms with van der Waals surface area (Å²) >= 11 is 0. The van der Waals surface area contributed by atoms with Crippen molar-refractivity contribution in [2.24, 2.45) is 17.1 Å². The molecular weight excluding hydrogens is 146 g/mol. The van der Waals surface area contributed by atoms with Crippen LogP contribution in [0, 0.1) is 11.3 Å². The molecule has 1 heteroatoms. The van der Waals surface area contributed by atoms with E-state index in [4.69, 9.17) is 5.73 Å². The van der Waals surface area contributed by atoms with Gasteiger partial charge in [-0.05, 0) is 30.7 Å². The largest absolute Gasteiger partial charge is 0.330 e. The molecule has 12 heavy (non-hydrogen) atoms. The molecule has 0 aromatic rings. The van der Waals surface area contributed by atoms with Crippen molar-refractivity contribution in [1.29, 1.82) is 0 Å². The second-order valence-electron chi connectivity index (χ2n) is 3.79.